The molecule has 1 aromatic heterocycles. The van der Waals surface area contributed by atoms with Crippen molar-refractivity contribution in [2.75, 3.05) is 0 Å². The topological polar surface area (TPSA) is 34.4 Å². The lowest BCUT2D eigenvalue weighted by atomic mass is 9.94. The van der Waals surface area contributed by atoms with E-state index in [4.69, 9.17) is 16.6 Å². The van der Waals surface area contributed by atoms with Crippen LogP contribution in [0.25, 0.3) is 6.08 Å². The summed E-state index contributed by atoms with van der Waals surface area (Å²) >= 11 is 7.44. The minimum absolute atomic E-state index is 0.00162. The summed E-state index contributed by atoms with van der Waals surface area (Å²) in [6.07, 6.45) is 9.53. The van der Waals surface area contributed by atoms with E-state index in [1.807, 2.05) is 53.1 Å². The second-order valence-corrected chi connectivity index (χ2v) is 8.67. The second-order valence-electron chi connectivity index (χ2n) is 7.22. The van der Waals surface area contributed by atoms with Gasteiger partial charge >= 0.3 is 0 Å². The highest BCUT2D eigenvalue weighted by Gasteiger charge is 2.29. The molecule has 144 valence electrons. The molecule has 5 heteroatoms. The van der Waals surface area contributed by atoms with E-state index in [1.54, 1.807) is 0 Å². The fourth-order valence-electron chi connectivity index (χ4n) is 3.91. The molecule has 3 aromatic rings. The van der Waals surface area contributed by atoms with Crippen LogP contribution in [0.5, 0.6) is 0 Å². The maximum atomic E-state index is 13.4. The van der Waals surface area contributed by atoms with Gasteiger partial charge in [-0.25, -0.2) is 4.99 Å². The first-order valence-electron chi connectivity index (χ1n) is 9.73. The Labute approximate surface area is 177 Å². The number of nitrogens with zero attached hydrogens (tertiary/aromatic N) is 2. The van der Waals surface area contributed by atoms with Gasteiger partial charge < -0.3 is 0 Å². The van der Waals surface area contributed by atoms with E-state index < -0.39 is 0 Å². The average Bonchev–Trinajstić information content (AvgIpc) is 2.91. The molecule has 0 saturated heterocycles. The molecule has 29 heavy (non-hydrogen) atoms. The Kier molecular flexibility index (Phi) is 4.82. The van der Waals surface area contributed by atoms with Crippen molar-refractivity contribution in [2.24, 2.45) is 4.99 Å². The molecule has 1 aliphatic heterocycles. The Bertz CT molecular complexity index is 1300. The van der Waals surface area contributed by atoms with E-state index in [0.717, 1.165) is 46.5 Å². The van der Waals surface area contributed by atoms with Crippen molar-refractivity contribution in [2.45, 2.75) is 25.3 Å². The third kappa shape index (κ3) is 3.43. The quantitative estimate of drug-likeness (QED) is 0.598. The predicted octanol–water partition coefficient (Wildman–Crippen LogP) is 4.61. The van der Waals surface area contributed by atoms with Gasteiger partial charge in [-0.15, -0.1) is 0 Å². The largest absolute Gasteiger partial charge is 0.271 e. The van der Waals surface area contributed by atoms with Crippen molar-refractivity contribution in [1.82, 2.24) is 4.57 Å². The van der Waals surface area contributed by atoms with Crippen LogP contribution < -0.4 is 14.9 Å². The van der Waals surface area contributed by atoms with Crippen molar-refractivity contribution in [3.63, 3.8) is 0 Å². The normalized spacial score (nSPS) is 18.8. The zero-order valence-corrected chi connectivity index (χ0v) is 17.3. The molecule has 0 amide bonds. The summed E-state index contributed by atoms with van der Waals surface area (Å²) < 4.78 is 2.54. The van der Waals surface area contributed by atoms with Crippen molar-refractivity contribution < 1.29 is 0 Å². The third-order valence-corrected chi connectivity index (χ3v) is 6.53. The zero-order chi connectivity index (χ0) is 19.8. The fraction of sp³-hybridized carbons (Fsp3) is 0.167. The molecule has 2 aromatic carbocycles. The van der Waals surface area contributed by atoms with Gasteiger partial charge in [-0.2, -0.15) is 0 Å². The van der Waals surface area contributed by atoms with Gasteiger partial charge in [-0.3, -0.25) is 9.36 Å². The molecule has 0 radical (unpaired) electrons. The number of aromatic nitrogens is 1. The highest BCUT2D eigenvalue weighted by Crippen LogP contribution is 2.34. The number of thiazole rings is 1. The molecule has 3 nitrogen and oxygen atoms in total. The number of halogens is 1. The van der Waals surface area contributed by atoms with Crippen LogP contribution in [0, 0.1) is 0 Å². The summed E-state index contributed by atoms with van der Waals surface area (Å²) in [5, 5.41) is 0.683. The number of fused-ring (bicyclic) bond motifs is 2. The van der Waals surface area contributed by atoms with E-state index in [-0.39, 0.29) is 11.6 Å². The van der Waals surface area contributed by atoms with Crippen molar-refractivity contribution >= 4 is 29.0 Å². The van der Waals surface area contributed by atoms with E-state index in [1.165, 1.54) is 11.3 Å². The average molecular weight is 419 g/mol. The molecule has 0 fully saturated rings. The first-order valence-corrected chi connectivity index (χ1v) is 10.9. The summed E-state index contributed by atoms with van der Waals surface area (Å²) in [4.78, 5) is 19.1. The molecule has 1 atom stereocenters. The molecule has 0 bridgehead atoms. The van der Waals surface area contributed by atoms with Crippen molar-refractivity contribution in [3.05, 3.63) is 114 Å². The van der Waals surface area contributed by atoms with Crippen LogP contribution in [0.15, 0.2) is 87.8 Å². The fourth-order valence-corrected chi connectivity index (χ4v) is 5.04. The van der Waals surface area contributed by atoms with Crippen LogP contribution in [0.1, 0.15) is 36.4 Å². The van der Waals surface area contributed by atoms with Crippen LogP contribution in [-0.2, 0) is 0 Å². The molecule has 2 aliphatic rings. The highest BCUT2D eigenvalue weighted by molar-refractivity contribution is 7.07. The van der Waals surface area contributed by atoms with Crippen LogP contribution in [0.2, 0.25) is 5.02 Å². The van der Waals surface area contributed by atoms with Gasteiger partial charge in [0.05, 0.1) is 16.3 Å². The van der Waals surface area contributed by atoms with Crippen molar-refractivity contribution in [1.29, 1.82) is 0 Å². The summed E-state index contributed by atoms with van der Waals surface area (Å²) in [5.74, 6) is 0. The summed E-state index contributed by atoms with van der Waals surface area (Å²) in [7, 11) is 0. The van der Waals surface area contributed by atoms with Gasteiger partial charge in [-0.1, -0.05) is 77.6 Å². The maximum absolute atomic E-state index is 13.4. The first-order chi connectivity index (χ1) is 14.2. The molecule has 1 aliphatic carbocycles. The monoisotopic (exact) mass is 418 g/mol. The molecular formula is C24H19ClN2OS. The minimum atomic E-state index is -0.135. The van der Waals surface area contributed by atoms with Crippen LogP contribution in [-0.4, -0.2) is 4.57 Å². The summed E-state index contributed by atoms with van der Waals surface area (Å²) in [6, 6.07) is 17.6. The maximum Gasteiger partial charge on any atom is 0.271 e. The SMILES string of the molecule is O=c1/c(=C\c2ccc(Cl)cc2)sc2n1C(c1ccccc1)C1=CCCCC=C1N=2. The number of benzene rings is 2. The Morgan fingerprint density at radius 1 is 1.03 bits per heavy atom. The lowest BCUT2D eigenvalue weighted by Gasteiger charge is -2.25. The van der Waals surface area contributed by atoms with Gasteiger partial charge in [-0.05, 0) is 48.6 Å². The summed E-state index contributed by atoms with van der Waals surface area (Å²) in [6.45, 7) is 0. The number of hydrogen-bond donors (Lipinski definition) is 0. The Morgan fingerprint density at radius 2 is 1.79 bits per heavy atom. The first kappa shape index (κ1) is 18.3. The van der Waals surface area contributed by atoms with Gasteiger partial charge in [0.2, 0.25) is 0 Å². The Morgan fingerprint density at radius 3 is 2.59 bits per heavy atom. The molecule has 0 spiro atoms. The molecule has 2 heterocycles. The lowest BCUT2D eigenvalue weighted by Crippen LogP contribution is -2.38. The second kappa shape index (κ2) is 7.62. The van der Waals surface area contributed by atoms with E-state index in [2.05, 4.69) is 24.3 Å². The Hall–Kier alpha value is -2.69. The summed E-state index contributed by atoms with van der Waals surface area (Å²) in [5.41, 5.74) is 4.21. The lowest BCUT2D eigenvalue weighted by molar-refractivity contribution is 0.603. The van der Waals surface area contributed by atoms with E-state index in [0.29, 0.717) is 9.55 Å². The zero-order valence-electron chi connectivity index (χ0n) is 15.7. The molecular weight excluding hydrogens is 400 g/mol. The van der Waals surface area contributed by atoms with Crippen LogP contribution in [0.3, 0.4) is 0 Å². The smallest absolute Gasteiger partial charge is 0.271 e. The third-order valence-electron chi connectivity index (χ3n) is 5.29. The van der Waals surface area contributed by atoms with Gasteiger partial charge in [0.15, 0.2) is 4.80 Å². The van der Waals surface area contributed by atoms with E-state index >= 15 is 0 Å². The van der Waals surface area contributed by atoms with Gasteiger partial charge in [0.25, 0.3) is 5.56 Å². The number of rotatable bonds is 2. The van der Waals surface area contributed by atoms with Crippen LogP contribution >= 0.6 is 22.9 Å². The van der Waals surface area contributed by atoms with Gasteiger partial charge in [0, 0.05) is 10.6 Å². The highest BCUT2D eigenvalue weighted by atomic mass is 35.5. The molecule has 0 saturated carbocycles. The standard InChI is InChI=1S/C24H19ClN2OS/c25-18-13-11-16(12-14-18)15-21-23(28)27-22(17-7-3-1-4-8-17)19-9-5-2-6-10-20(19)26-24(27)29-21/h1,3-4,7-15,22H,2,5-6H2/b21-15+. The predicted molar refractivity (Wildman–Crippen MR) is 119 cm³/mol. The number of allylic oxidation sites excluding steroid dienone is 3. The van der Waals surface area contributed by atoms with Crippen molar-refractivity contribution in [3.8, 4) is 0 Å². The van der Waals surface area contributed by atoms with Crippen LogP contribution in [0.4, 0.5) is 0 Å². The Balaban J connectivity index is 1.76. The van der Waals surface area contributed by atoms with E-state index in [9.17, 15) is 4.79 Å². The molecule has 5 rings (SSSR count). The minimum Gasteiger partial charge on any atom is -0.271 e. The number of hydrogen-bond acceptors (Lipinski definition) is 3. The molecule has 0 N–H and O–H groups in total. The van der Waals surface area contributed by atoms with Gasteiger partial charge in [0.1, 0.15) is 0 Å². The molecule has 1 unspecified atom stereocenters.